The summed E-state index contributed by atoms with van der Waals surface area (Å²) in [6.45, 7) is 25.9. The summed E-state index contributed by atoms with van der Waals surface area (Å²) < 4.78 is 5.49. The van der Waals surface area contributed by atoms with Crippen LogP contribution in [-0.2, 0) is 38.7 Å². The van der Waals surface area contributed by atoms with Gasteiger partial charge < -0.3 is 20.1 Å². The molecule has 2 N–H and O–H groups in total. The standard InChI is InChI=1S/C50H56N2O2.C12H10O2.Mn/c1-47(2,3)35-25-33(45(53)39(27-35)49(7,8)9)29-51-41-23-21-31-17-13-15-19-37(31)43(41)44-38-20-16-14-18-32(38)22-24-42(44)52-30-34-26-36(48(4,5)6)28-40(46(34)54)50(10,11)12;13-10-6-8-12(9-7-10)14-11-4-2-1-3-5-11;/h13-30,53-54H,1-12H3;1-9,13H;/p-1. The maximum atomic E-state index is 11.6. The van der Waals surface area contributed by atoms with Crippen molar-refractivity contribution in [2.24, 2.45) is 9.98 Å². The molecule has 0 spiro atoms. The predicted octanol–water partition coefficient (Wildman–Crippen LogP) is 16.3. The summed E-state index contributed by atoms with van der Waals surface area (Å²) in [5, 5.41) is 38.4. The maximum absolute atomic E-state index is 11.6. The van der Waals surface area contributed by atoms with Crippen molar-refractivity contribution in [1.29, 1.82) is 0 Å². The summed E-state index contributed by atoms with van der Waals surface area (Å²) in [4.78, 5) is 10.4. The molecule has 0 fully saturated rings. The van der Waals surface area contributed by atoms with Crippen LogP contribution in [0.15, 0.2) is 162 Å². The molecule has 8 aromatic carbocycles. The molecule has 6 nitrogen and oxygen atoms in total. The van der Waals surface area contributed by atoms with Gasteiger partial charge in [0.1, 0.15) is 23.0 Å². The van der Waals surface area contributed by atoms with Crippen molar-refractivity contribution in [2.75, 3.05) is 0 Å². The second-order valence-electron chi connectivity index (χ2n) is 21.7. The van der Waals surface area contributed by atoms with E-state index in [2.05, 4.69) is 180 Å². The van der Waals surface area contributed by atoms with E-state index in [1.165, 1.54) is 12.1 Å². The number of rotatable bonds is 7. The number of phenolic OH excluding ortho intramolecular Hbond substituents is 2. The number of benzene rings is 8. The summed E-state index contributed by atoms with van der Waals surface area (Å²) in [6.07, 6.45) is 3.62. The van der Waals surface area contributed by atoms with Gasteiger partial charge >= 0.3 is 0 Å². The van der Waals surface area contributed by atoms with Crippen molar-refractivity contribution < 1.29 is 37.1 Å². The van der Waals surface area contributed by atoms with Crippen LogP contribution in [0.1, 0.15) is 116 Å². The predicted molar refractivity (Wildman–Crippen MR) is 285 cm³/mol. The molecule has 8 rings (SSSR count). The van der Waals surface area contributed by atoms with Crippen LogP contribution in [0.25, 0.3) is 32.7 Å². The number of aliphatic imine (C=N–C) groups is 2. The fraction of sp³-hybridized carbons (Fsp3) is 0.258. The van der Waals surface area contributed by atoms with Crippen LogP contribution in [0.2, 0.25) is 0 Å². The third kappa shape index (κ3) is 12.1. The van der Waals surface area contributed by atoms with Gasteiger partial charge in [-0.15, -0.1) is 5.75 Å². The summed E-state index contributed by atoms with van der Waals surface area (Å²) in [5.41, 5.74) is 8.16. The van der Waals surface area contributed by atoms with Crippen molar-refractivity contribution >= 4 is 45.3 Å². The summed E-state index contributed by atoms with van der Waals surface area (Å²) >= 11 is 0. The molecule has 0 unspecified atom stereocenters. The molecule has 0 aromatic heterocycles. The van der Waals surface area contributed by atoms with Gasteiger partial charge in [0, 0.05) is 62.9 Å². The van der Waals surface area contributed by atoms with Crippen molar-refractivity contribution in [1.82, 2.24) is 0 Å². The largest absolute Gasteiger partial charge is 0.872 e. The van der Waals surface area contributed by atoms with Gasteiger partial charge in [-0.3, -0.25) is 9.98 Å². The smallest absolute Gasteiger partial charge is 0.128 e. The average Bonchev–Trinajstić information content (AvgIpc) is 3.28. The minimum Gasteiger partial charge on any atom is -0.872 e. The van der Waals surface area contributed by atoms with Gasteiger partial charge in [0.15, 0.2) is 0 Å². The first-order valence-electron chi connectivity index (χ1n) is 23.4. The third-order valence-corrected chi connectivity index (χ3v) is 12.2. The van der Waals surface area contributed by atoms with Crippen molar-refractivity contribution in [2.45, 2.75) is 105 Å². The van der Waals surface area contributed by atoms with Gasteiger partial charge in [-0.1, -0.05) is 186 Å². The van der Waals surface area contributed by atoms with Gasteiger partial charge in [0.05, 0.1) is 11.4 Å². The fourth-order valence-electron chi connectivity index (χ4n) is 8.19. The van der Waals surface area contributed by atoms with E-state index in [-0.39, 0.29) is 56.0 Å². The number of aromatic hydroxyl groups is 2. The van der Waals surface area contributed by atoms with E-state index in [4.69, 9.17) is 14.7 Å². The minimum absolute atomic E-state index is 0. The molecule has 0 saturated heterocycles. The van der Waals surface area contributed by atoms with Gasteiger partial charge in [0.25, 0.3) is 0 Å². The Kier molecular flexibility index (Phi) is 15.4. The zero-order chi connectivity index (χ0) is 49.2. The average molecular weight is 957 g/mol. The van der Waals surface area contributed by atoms with Crippen LogP contribution in [0.5, 0.6) is 28.7 Å². The molecule has 0 amide bonds. The quantitative estimate of drug-likeness (QED) is 0.123. The van der Waals surface area contributed by atoms with Crippen molar-refractivity contribution in [3.63, 3.8) is 0 Å². The van der Waals surface area contributed by atoms with Crippen molar-refractivity contribution in [3.05, 3.63) is 185 Å². The fourth-order valence-corrected chi connectivity index (χ4v) is 8.19. The zero-order valence-corrected chi connectivity index (χ0v) is 43.3. The number of ether oxygens (including phenoxy) is 1. The van der Waals surface area contributed by atoms with E-state index < -0.39 is 0 Å². The van der Waals surface area contributed by atoms with Gasteiger partial charge in [-0.05, 0) is 103 Å². The van der Waals surface area contributed by atoms with Crippen LogP contribution < -0.4 is 9.84 Å². The van der Waals surface area contributed by atoms with E-state index in [0.717, 1.165) is 72.0 Å². The Hall–Kier alpha value is -6.66. The van der Waals surface area contributed by atoms with Gasteiger partial charge in [0.2, 0.25) is 0 Å². The van der Waals surface area contributed by atoms with E-state index >= 15 is 0 Å². The van der Waals surface area contributed by atoms with Gasteiger partial charge in [-0.2, -0.15) is 0 Å². The van der Waals surface area contributed by atoms with Crippen LogP contribution in [0.4, 0.5) is 11.4 Å². The Morgan fingerprint density at radius 2 is 0.812 bits per heavy atom. The second-order valence-corrected chi connectivity index (χ2v) is 21.7. The molecule has 0 aliphatic carbocycles. The molecule has 0 saturated carbocycles. The third-order valence-electron chi connectivity index (χ3n) is 12.2. The van der Waals surface area contributed by atoms with Crippen LogP contribution in [0.3, 0.4) is 0 Å². The van der Waals surface area contributed by atoms with E-state index in [0.29, 0.717) is 16.9 Å². The SMILES string of the molecule is CC(C)(C)c1cc(C=Nc2ccc3ccccc3c2-c2c(N=Cc3cc(C(C)(C)C)cc(C(C)(C)C)c3O)ccc3ccccc23)c(O)c(C(C)(C)C)c1.[Mn].[O-]c1ccc(Oc2ccccc2)cc1. The molecule has 7 heteroatoms. The normalized spacial score (nSPS) is 12.3. The number of para-hydroxylation sites is 1. The molecule has 355 valence electrons. The first-order valence-corrected chi connectivity index (χ1v) is 23.4. The molecule has 69 heavy (non-hydrogen) atoms. The number of fused-ring (bicyclic) bond motifs is 2. The van der Waals surface area contributed by atoms with E-state index in [9.17, 15) is 15.3 Å². The first-order chi connectivity index (χ1) is 32.0. The van der Waals surface area contributed by atoms with Crippen LogP contribution >= 0.6 is 0 Å². The number of phenols is 2. The van der Waals surface area contributed by atoms with E-state index in [1.807, 2.05) is 42.8 Å². The Morgan fingerprint density at radius 3 is 1.20 bits per heavy atom. The van der Waals surface area contributed by atoms with E-state index in [1.54, 1.807) is 12.1 Å². The Balaban J connectivity index is 0.000000445. The second kappa shape index (κ2) is 20.5. The van der Waals surface area contributed by atoms with Crippen molar-refractivity contribution in [3.8, 4) is 39.9 Å². The topological polar surface area (TPSA) is 97.5 Å². The summed E-state index contributed by atoms with van der Waals surface area (Å²) in [5.74, 6) is 1.94. The molecule has 0 atom stereocenters. The molecule has 0 heterocycles. The molecular formula is C62H65MnN2O4-. The first kappa shape index (κ1) is 51.7. The Morgan fingerprint density at radius 1 is 0.435 bits per heavy atom. The number of hydrogen-bond acceptors (Lipinski definition) is 6. The monoisotopic (exact) mass is 956 g/mol. The minimum atomic E-state index is -0.258. The Labute approximate surface area is 420 Å². The molecule has 8 aromatic rings. The molecule has 0 aliphatic heterocycles. The molecule has 0 aliphatic rings. The molecule has 0 bridgehead atoms. The van der Waals surface area contributed by atoms with Crippen LogP contribution in [0, 0.1) is 0 Å². The number of nitrogens with zero attached hydrogens (tertiary/aromatic N) is 2. The summed E-state index contributed by atoms with van der Waals surface area (Å²) in [7, 11) is 0. The van der Waals surface area contributed by atoms with Crippen LogP contribution in [-0.4, -0.2) is 22.6 Å². The molecular weight excluding hydrogens is 892 g/mol. The van der Waals surface area contributed by atoms with Gasteiger partial charge in [-0.25, -0.2) is 0 Å². The Bertz CT molecular complexity index is 2970. The summed E-state index contributed by atoms with van der Waals surface area (Å²) in [6, 6.07) is 49.2. The number of hydrogen-bond donors (Lipinski definition) is 2. The maximum Gasteiger partial charge on any atom is 0.128 e. The molecule has 1 radical (unpaired) electrons. The zero-order valence-electron chi connectivity index (χ0n) is 42.1.